The van der Waals surface area contributed by atoms with E-state index in [1.807, 2.05) is 6.92 Å². The van der Waals surface area contributed by atoms with Gasteiger partial charge in [-0.2, -0.15) is 0 Å². The van der Waals surface area contributed by atoms with E-state index in [9.17, 15) is 19.2 Å². The number of ether oxygens (including phenoxy) is 1. The second-order valence-corrected chi connectivity index (χ2v) is 5.95. The number of aliphatic carboxylic acids is 1. The number of rotatable bonds is 7. The number of aryl methyl sites for hydroxylation is 1. The van der Waals surface area contributed by atoms with Crippen molar-refractivity contribution in [2.45, 2.75) is 26.9 Å². The van der Waals surface area contributed by atoms with Crippen LogP contribution in [0.2, 0.25) is 0 Å². The number of benzene rings is 1. The molecule has 9 heteroatoms. The van der Waals surface area contributed by atoms with E-state index in [0.717, 1.165) is 10.9 Å². The van der Waals surface area contributed by atoms with Gasteiger partial charge in [0.15, 0.2) is 6.10 Å². The SMILES string of the molecule is Cc1c(C)c2ccc(OC(C)C(=O)NCC(=O)NCC(=O)O)cc2oc1=O. The van der Waals surface area contributed by atoms with Crippen LogP contribution in [0.1, 0.15) is 18.1 Å². The Morgan fingerprint density at radius 2 is 1.85 bits per heavy atom. The fraction of sp³-hybridized carbons (Fsp3) is 0.333. The van der Waals surface area contributed by atoms with Crippen LogP contribution in [-0.2, 0) is 14.4 Å². The van der Waals surface area contributed by atoms with Crippen LogP contribution in [0, 0.1) is 13.8 Å². The van der Waals surface area contributed by atoms with Gasteiger partial charge in [0.1, 0.15) is 17.9 Å². The maximum atomic E-state index is 12.0. The summed E-state index contributed by atoms with van der Waals surface area (Å²) in [5.41, 5.74) is 1.26. The van der Waals surface area contributed by atoms with Gasteiger partial charge in [-0.15, -0.1) is 0 Å². The van der Waals surface area contributed by atoms with Crippen LogP contribution in [0.25, 0.3) is 11.0 Å². The number of carboxylic acid groups (broad SMARTS) is 1. The molecule has 1 atom stereocenters. The van der Waals surface area contributed by atoms with Crippen molar-refractivity contribution in [1.82, 2.24) is 10.6 Å². The van der Waals surface area contributed by atoms with Gasteiger partial charge in [0, 0.05) is 17.0 Å². The number of carbonyl (C=O) groups excluding carboxylic acids is 2. The number of fused-ring (bicyclic) bond motifs is 1. The number of nitrogens with one attached hydrogen (secondary N) is 2. The lowest BCUT2D eigenvalue weighted by Crippen LogP contribution is -2.43. The summed E-state index contributed by atoms with van der Waals surface area (Å²) in [6, 6.07) is 4.91. The molecule has 27 heavy (non-hydrogen) atoms. The Morgan fingerprint density at radius 3 is 2.52 bits per heavy atom. The van der Waals surface area contributed by atoms with Crippen molar-refractivity contribution < 1.29 is 28.6 Å². The molecule has 1 aromatic carbocycles. The summed E-state index contributed by atoms with van der Waals surface area (Å²) in [7, 11) is 0. The van der Waals surface area contributed by atoms with Crippen LogP contribution in [0.5, 0.6) is 5.75 Å². The minimum absolute atomic E-state index is 0.326. The number of hydrogen-bond donors (Lipinski definition) is 3. The van der Waals surface area contributed by atoms with Gasteiger partial charge in [0.2, 0.25) is 5.91 Å². The second kappa shape index (κ2) is 8.35. The molecule has 2 aromatic rings. The topological polar surface area (TPSA) is 135 Å². The van der Waals surface area contributed by atoms with Gasteiger partial charge >= 0.3 is 11.6 Å². The first-order chi connectivity index (χ1) is 12.7. The maximum Gasteiger partial charge on any atom is 0.339 e. The molecule has 0 saturated carbocycles. The third-order valence-corrected chi connectivity index (χ3v) is 3.97. The van der Waals surface area contributed by atoms with E-state index in [1.54, 1.807) is 19.1 Å². The molecule has 1 aromatic heterocycles. The average molecular weight is 376 g/mol. The molecule has 144 valence electrons. The molecule has 0 aliphatic rings. The highest BCUT2D eigenvalue weighted by atomic mass is 16.5. The lowest BCUT2D eigenvalue weighted by Gasteiger charge is -2.15. The molecular weight excluding hydrogens is 356 g/mol. The highest BCUT2D eigenvalue weighted by Crippen LogP contribution is 2.24. The molecular formula is C18H20N2O7. The second-order valence-electron chi connectivity index (χ2n) is 5.95. The van der Waals surface area contributed by atoms with Gasteiger partial charge in [-0.1, -0.05) is 0 Å². The minimum Gasteiger partial charge on any atom is -0.481 e. The van der Waals surface area contributed by atoms with Crippen molar-refractivity contribution in [2.24, 2.45) is 0 Å². The molecule has 2 amide bonds. The van der Waals surface area contributed by atoms with Gasteiger partial charge in [-0.05, 0) is 38.5 Å². The molecule has 9 nitrogen and oxygen atoms in total. The highest BCUT2D eigenvalue weighted by Gasteiger charge is 2.17. The van der Waals surface area contributed by atoms with E-state index < -0.39 is 36.1 Å². The first-order valence-electron chi connectivity index (χ1n) is 8.16. The lowest BCUT2D eigenvalue weighted by molar-refractivity contribution is -0.137. The molecule has 1 heterocycles. The van der Waals surface area contributed by atoms with E-state index >= 15 is 0 Å². The number of amides is 2. The normalized spacial score (nSPS) is 11.7. The van der Waals surface area contributed by atoms with Gasteiger partial charge in [0.25, 0.3) is 5.91 Å². The van der Waals surface area contributed by atoms with Crippen molar-refractivity contribution in [3.8, 4) is 5.75 Å². The Balaban J connectivity index is 2.00. The first kappa shape index (κ1) is 20.0. The fourth-order valence-electron chi connectivity index (χ4n) is 2.31. The van der Waals surface area contributed by atoms with Crippen molar-refractivity contribution >= 4 is 28.8 Å². The zero-order valence-electron chi connectivity index (χ0n) is 15.1. The Labute approximate surface area is 154 Å². The molecule has 3 N–H and O–H groups in total. The minimum atomic E-state index is -1.18. The van der Waals surface area contributed by atoms with Gasteiger partial charge < -0.3 is 24.9 Å². The van der Waals surface area contributed by atoms with E-state index in [4.69, 9.17) is 14.3 Å². The first-order valence-corrected chi connectivity index (χ1v) is 8.16. The standard InChI is InChI=1S/C18H20N2O7/c1-9-10(2)18(25)27-14-6-12(4-5-13(9)14)26-11(3)17(24)20-7-15(21)19-8-16(22)23/h4-6,11H,7-8H2,1-3H3,(H,19,21)(H,20,24)(H,22,23). The van der Waals surface area contributed by atoms with Crippen molar-refractivity contribution in [1.29, 1.82) is 0 Å². The van der Waals surface area contributed by atoms with Gasteiger partial charge in [-0.3, -0.25) is 14.4 Å². The predicted octanol–water partition coefficient (Wildman–Crippen LogP) is 0.494. The number of carbonyl (C=O) groups is 3. The lowest BCUT2D eigenvalue weighted by atomic mass is 10.1. The van der Waals surface area contributed by atoms with E-state index in [0.29, 0.717) is 16.9 Å². The third kappa shape index (κ3) is 5.06. The molecule has 0 fully saturated rings. The Bertz CT molecular complexity index is 949. The van der Waals surface area contributed by atoms with Gasteiger partial charge in [-0.25, -0.2) is 4.79 Å². The quantitative estimate of drug-likeness (QED) is 0.599. The van der Waals surface area contributed by atoms with Crippen LogP contribution in [0.4, 0.5) is 0 Å². The van der Waals surface area contributed by atoms with E-state index in [1.165, 1.54) is 13.0 Å². The summed E-state index contributed by atoms with van der Waals surface area (Å²) in [5.74, 6) is -2.04. The van der Waals surface area contributed by atoms with Crippen LogP contribution < -0.4 is 21.0 Å². The van der Waals surface area contributed by atoms with Gasteiger partial charge in [0.05, 0.1) is 6.54 Å². The summed E-state index contributed by atoms with van der Waals surface area (Å²) < 4.78 is 10.8. The van der Waals surface area contributed by atoms with Crippen LogP contribution in [0.15, 0.2) is 27.4 Å². The van der Waals surface area contributed by atoms with Crippen molar-refractivity contribution in [3.05, 3.63) is 39.7 Å². The molecule has 0 aliphatic carbocycles. The Kier molecular flexibility index (Phi) is 6.17. The molecule has 0 radical (unpaired) electrons. The Hall–Kier alpha value is -3.36. The maximum absolute atomic E-state index is 12.0. The monoisotopic (exact) mass is 376 g/mol. The largest absolute Gasteiger partial charge is 0.481 e. The third-order valence-electron chi connectivity index (χ3n) is 3.97. The van der Waals surface area contributed by atoms with Crippen molar-refractivity contribution in [2.75, 3.05) is 13.1 Å². The summed E-state index contributed by atoms with van der Waals surface area (Å²) in [5, 5.41) is 13.7. The number of carboxylic acids is 1. The molecule has 2 rings (SSSR count). The zero-order valence-corrected chi connectivity index (χ0v) is 15.1. The molecule has 0 saturated heterocycles. The summed E-state index contributed by atoms with van der Waals surface area (Å²) in [6.45, 7) is 4.10. The number of hydrogen-bond acceptors (Lipinski definition) is 6. The van der Waals surface area contributed by atoms with Crippen LogP contribution in [0.3, 0.4) is 0 Å². The van der Waals surface area contributed by atoms with E-state index in [2.05, 4.69) is 10.6 Å². The molecule has 0 bridgehead atoms. The van der Waals surface area contributed by atoms with Crippen molar-refractivity contribution in [3.63, 3.8) is 0 Å². The summed E-state index contributed by atoms with van der Waals surface area (Å²) in [6.07, 6.45) is -0.923. The van der Waals surface area contributed by atoms with Crippen LogP contribution >= 0.6 is 0 Å². The average Bonchev–Trinajstić information content (AvgIpc) is 2.62. The van der Waals surface area contributed by atoms with Crippen LogP contribution in [-0.4, -0.2) is 42.1 Å². The predicted molar refractivity (Wildman–Crippen MR) is 95.7 cm³/mol. The molecule has 0 spiro atoms. The summed E-state index contributed by atoms with van der Waals surface area (Å²) in [4.78, 5) is 45.6. The fourth-order valence-corrected chi connectivity index (χ4v) is 2.31. The molecule has 0 aliphatic heterocycles. The Morgan fingerprint density at radius 1 is 1.15 bits per heavy atom. The van der Waals surface area contributed by atoms with E-state index in [-0.39, 0.29) is 6.54 Å². The molecule has 1 unspecified atom stereocenters. The summed E-state index contributed by atoms with van der Waals surface area (Å²) >= 11 is 0. The zero-order chi connectivity index (χ0) is 20.1. The smallest absolute Gasteiger partial charge is 0.339 e. The highest BCUT2D eigenvalue weighted by molar-refractivity contribution is 5.88.